The van der Waals surface area contributed by atoms with E-state index in [-0.39, 0.29) is 0 Å². The van der Waals surface area contributed by atoms with E-state index in [9.17, 15) is 4.79 Å². The first-order valence-corrected chi connectivity index (χ1v) is 10.00. The van der Waals surface area contributed by atoms with Crippen LogP contribution >= 0.6 is 0 Å². The number of ether oxygens (including phenoxy) is 2. The van der Waals surface area contributed by atoms with E-state index in [4.69, 9.17) is 9.47 Å². The summed E-state index contributed by atoms with van der Waals surface area (Å²) in [6, 6.07) is 8.40. The summed E-state index contributed by atoms with van der Waals surface area (Å²) >= 11 is 0. The van der Waals surface area contributed by atoms with Crippen molar-refractivity contribution in [3.05, 3.63) is 63.7 Å². The van der Waals surface area contributed by atoms with Crippen LogP contribution in [0.4, 0.5) is 0 Å². The molecule has 2 aromatic rings. The van der Waals surface area contributed by atoms with Crippen molar-refractivity contribution in [2.24, 2.45) is 0 Å². The maximum Gasteiger partial charge on any atom is 0.163 e. The predicted molar refractivity (Wildman–Crippen MR) is 106 cm³/mol. The second-order valence-electron chi connectivity index (χ2n) is 7.59. The van der Waals surface area contributed by atoms with Crippen LogP contribution in [0.1, 0.15) is 57.9 Å². The van der Waals surface area contributed by atoms with E-state index in [1.807, 2.05) is 12.1 Å². The van der Waals surface area contributed by atoms with Crippen molar-refractivity contribution in [3.63, 3.8) is 0 Å². The first-order chi connectivity index (χ1) is 13.3. The van der Waals surface area contributed by atoms with E-state index in [1.165, 1.54) is 40.7 Å². The number of ketones is 1. The van der Waals surface area contributed by atoms with Gasteiger partial charge in [-0.2, -0.15) is 0 Å². The molecule has 2 aliphatic heterocycles. The third kappa shape index (κ3) is 2.68. The molecule has 2 aliphatic carbocycles. The smallest absolute Gasteiger partial charge is 0.163 e. The van der Waals surface area contributed by atoms with Crippen LogP contribution in [0.3, 0.4) is 0 Å². The molecule has 3 nitrogen and oxygen atoms in total. The highest BCUT2D eigenvalue weighted by atomic mass is 16.5. The molecule has 27 heavy (non-hydrogen) atoms. The van der Waals surface area contributed by atoms with Crippen molar-refractivity contribution in [2.75, 3.05) is 13.2 Å². The fraction of sp³-hybridized carbons (Fsp3) is 0.375. The molecule has 6 rings (SSSR count). The van der Waals surface area contributed by atoms with Gasteiger partial charge in [-0.1, -0.05) is 18.2 Å². The zero-order chi connectivity index (χ0) is 18.4. The van der Waals surface area contributed by atoms with Gasteiger partial charge in [-0.15, -0.1) is 0 Å². The molecular formula is C24H24O3. The normalized spacial score (nSPS) is 19.6. The summed E-state index contributed by atoms with van der Waals surface area (Å²) in [5.41, 5.74) is 9.32. The molecule has 2 aromatic carbocycles. The molecule has 3 heteroatoms. The number of fused-ring (bicyclic) bond motifs is 6. The van der Waals surface area contributed by atoms with Gasteiger partial charge in [0.25, 0.3) is 0 Å². The second kappa shape index (κ2) is 6.56. The summed E-state index contributed by atoms with van der Waals surface area (Å²) in [4.78, 5) is 11.6. The van der Waals surface area contributed by atoms with E-state index in [0.29, 0.717) is 12.2 Å². The minimum absolute atomic E-state index is 0.303. The number of hydrogen-bond donors (Lipinski definition) is 0. The molecule has 0 amide bonds. The van der Waals surface area contributed by atoms with Gasteiger partial charge in [0.2, 0.25) is 0 Å². The number of carbonyl (C=O) groups excluding carboxylic acids is 1. The first kappa shape index (κ1) is 16.6. The van der Waals surface area contributed by atoms with Crippen LogP contribution in [0, 0.1) is 0 Å². The number of aryl methyl sites for hydroxylation is 2. The number of carbonyl (C=O) groups is 1. The molecule has 4 aliphatic rings. The van der Waals surface area contributed by atoms with Gasteiger partial charge in [0.15, 0.2) is 5.78 Å². The molecule has 0 fully saturated rings. The molecule has 0 N–H and O–H groups in total. The Bertz CT molecular complexity index is 968. The lowest BCUT2D eigenvalue weighted by atomic mass is 9.98. The van der Waals surface area contributed by atoms with Crippen LogP contribution in [0.25, 0.3) is 5.57 Å². The molecular weight excluding hydrogens is 336 g/mol. The van der Waals surface area contributed by atoms with Crippen molar-refractivity contribution >= 4 is 11.4 Å². The van der Waals surface area contributed by atoms with Gasteiger partial charge in [-0.3, -0.25) is 4.79 Å². The Kier molecular flexibility index (Phi) is 4.04. The van der Waals surface area contributed by atoms with Gasteiger partial charge in [0.1, 0.15) is 11.5 Å². The minimum Gasteiger partial charge on any atom is -0.493 e. The molecule has 138 valence electrons. The Balaban J connectivity index is 0.000000119. The molecule has 0 unspecified atom stereocenters. The molecule has 0 atom stereocenters. The van der Waals surface area contributed by atoms with Gasteiger partial charge >= 0.3 is 0 Å². The van der Waals surface area contributed by atoms with E-state index >= 15 is 0 Å². The molecule has 0 bridgehead atoms. The standard InChI is InChI=1S/C13H14O.C11H10O2/c1-2-9-3-4-10-5-6-12-11(13(9)10)7-8-14-12;12-9-3-1-7-2-4-10-8(11(7)9)5-6-13-10/h2,5-6H,3-4,7-8H2,1H3;2,4H,1,3,5-6H2/b9-2+;. The van der Waals surface area contributed by atoms with Gasteiger partial charge in [0, 0.05) is 36.0 Å². The molecule has 2 heterocycles. The Morgan fingerprint density at radius 1 is 0.741 bits per heavy atom. The lowest BCUT2D eigenvalue weighted by Crippen LogP contribution is -1.96. The lowest BCUT2D eigenvalue weighted by Gasteiger charge is -2.06. The minimum atomic E-state index is 0.303. The summed E-state index contributed by atoms with van der Waals surface area (Å²) in [5.74, 6) is 2.34. The highest BCUT2D eigenvalue weighted by Gasteiger charge is 2.27. The molecule has 0 saturated carbocycles. The average Bonchev–Trinajstić information content (AvgIpc) is 3.46. The summed E-state index contributed by atoms with van der Waals surface area (Å²) in [7, 11) is 0. The monoisotopic (exact) mass is 360 g/mol. The van der Waals surface area contributed by atoms with E-state index < -0.39 is 0 Å². The lowest BCUT2D eigenvalue weighted by molar-refractivity contribution is 0.0994. The fourth-order valence-electron chi connectivity index (χ4n) is 4.87. The predicted octanol–water partition coefficient (Wildman–Crippen LogP) is 4.72. The Labute approximate surface area is 160 Å². The van der Waals surface area contributed by atoms with Crippen LogP contribution in [-0.2, 0) is 25.7 Å². The van der Waals surface area contributed by atoms with Gasteiger partial charge in [0.05, 0.1) is 13.2 Å². The van der Waals surface area contributed by atoms with Crippen molar-refractivity contribution in [1.29, 1.82) is 0 Å². The zero-order valence-electron chi connectivity index (χ0n) is 15.8. The molecule has 0 aromatic heterocycles. The fourth-order valence-corrected chi connectivity index (χ4v) is 4.87. The van der Waals surface area contributed by atoms with E-state index in [1.54, 1.807) is 0 Å². The second-order valence-corrected chi connectivity index (χ2v) is 7.59. The first-order valence-electron chi connectivity index (χ1n) is 10.00. The van der Waals surface area contributed by atoms with Gasteiger partial charge < -0.3 is 9.47 Å². The number of benzene rings is 2. The third-order valence-electron chi connectivity index (χ3n) is 6.17. The van der Waals surface area contributed by atoms with Crippen molar-refractivity contribution in [2.45, 2.75) is 45.4 Å². The Morgan fingerprint density at radius 3 is 2.00 bits per heavy atom. The number of rotatable bonds is 0. The van der Waals surface area contributed by atoms with E-state index in [2.05, 4.69) is 25.1 Å². The highest BCUT2D eigenvalue weighted by molar-refractivity contribution is 6.02. The molecule has 0 spiro atoms. The molecule has 0 saturated heterocycles. The Morgan fingerprint density at radius 2 is 1.33 bits per heavy atom. The van der Waals surface area contributed by atoms with Gasteiger partial charge in [-0.05, 0) is 60.6 Å². The van der Waals surface area contributed by atoms with Crippen LogP contribution in [-0.4, -0.2) is 19.0 Å². The number of Topliss-reactive ketones (excluding diaryl/α,β-unsaturated/α-hetero) is 1. The highest BCUT2D eigenvalue weighted by Crippen LogP contribution is 2.41. The maximum absolute atomic E-state index is 11.6. The summed E-state index contributed by atoms with van der Waals surface area (Å²) in [5, 5.41) is 0. The van der Waals surface area contributed by atoms with Crippen LogP contribution in [0.2, 0.25) is 0 Å². The summed E-state index contributed by atoms with van der Waals surface area (Å²) < 4.78 is 11.0. The van der Waals surface area contributed by atoms with Crippen molar-refractivity contribution < 1.29 is 14.3 Å². The maximum atomic E-state index is 11.6. The SMILES string of the molecule is C/C=C1\CCc2ccc3c(c21)CCO3.O=C1CCc2ccc3c(c21)CCO3. The zero-order valence-corrected chi connectivity index (χ0v) is 15.8. The molecule has 0 radical (unpaired) electrons. The van der Waals surface area contributed by atoms with Crippen molar-refractivity contribution in [1.82, 2.24) is 0 Å². The summed E-state index contributed by atoms with van der Waals surface area (Å²) in [6.45, 7) is 3.74. The van der Waals surface area contributed by atoms with Gasteiger partial charge in [-0.25, -0.2) is 0 Å². The van der Waals surface area contributed by atoms with Crippen LogP contribution in [0.15, 0.2) is 30.3 Å². The third-order valence-corrected chi connectivity index (χ3v) is 6.17. The Hall–Kier alpha value is -2.55. The quantitative estimate of drug-likeness (QED) is 0.682. The largest absolute Gasteiger partial charge is 0.493 e. The van der Waals surface area contributed by atoms with E-state index in [0.717, 1.165) is 55.1 Å². The topological polar surface area (TPSA) is 35.5 Å². The summed E-state index contributed by atoms with van der Waals surface area (Å²) in [6.07, 6.45) is 8.28. The van der Waals surface area contributed by atoms with Crippen LogP contribution < -0.4 is 9.47 Å². The van der Waals surface area contributed by atoms with Crippen molar-refractivity contribution in [3.8, 4) is 11.5 Å². The number of hydrogen-bond acceptors (Lipinski definition) is 3. The van der Waals surface area contributed by atoms with Crippen LogP contribution in [0.5, 0.6) is 11.5 Å². The number of allylic oxidation sites excluding steroid dienone is 2. The average molecular weight is 360 g/mol.